The van der Waals surface area contributed by atoms with Crippen LogP contribution in [-0.4, -0.2) is 51.1 Å². The molecule has 0 aromatic heterocycles. The first-order valence-corrected chi connectivity index (χ1v) is 4.83. The molecule has 5 heteroatoms. The maximum Gasteiger partial charge on any atom is 0.246 e. The lowest BCUT2D eigenvalue weighted by molar-refractivity contribution is -0.126. The summed E-state index contributed by atoms with van der Waals surface area (Å²) in [4.78, 5) is 11.2. The molecule has 0 radical (unpaired) electrons. The van der Waals surface area contributed by atoms with Gasteiger partial charge in [0.05, 0.1) is 18.8 Å². The van der Waals surface area contributed by atoms with Gasteiger partial charge in [0, 0.05) is 13.7 Å². The Labute approximate surface area is 82.7 Å². The number of ether oxygens (including phenoxy) is 3. The van der Waals surface area contributed by atoms with Crippen LogP contribution in [0.4, 0.5) is 0 Å². The molecule has 80 valence electrons. The third kappa shape index (κ3) is 1.89. The van der Waals surface area contributed by atoms with Crippen LogP contribution < -0.4 is 5.32 Å². The summed E-state index contributed by atoms with van der Waals surface area (Å²) < 4.78 is 15.7. The summed E-state index contributed by atoms with van der Waals surface area (Å²) in [5.74, 6) is -0.114. The molecule has 14 heavy (non-hydrogen) atoms. The van der Waals surface area contributed by atoms with Gasteiger partial charge in [0.25, 0.3) is 0 Å². The van der Waals surface area contributed by atoms with E-state index in [1.807, 2.05) is 0 Å². The van der Waals surface area contributed by atoms with Crippen LogP contribution in [0.1, 0.15) is 6.42 Å². The summed E-state index contributed by atoms with van der Waals surface area (Å²) in [6.45, 7) is 1.37. The quantitative estimate of drug-likeness (QED) is 0.656. The van der Waals surface area contributed by atoms with E-state index in [1.165, 1.54) is 7.11 Å². The zero-order valence-electron chi connectivity index (χ0n) is 8.19. The molecule has 0 aliphatic carbocycles. The molecule has 0 aromatic rings. The highest BCUT2D eigenvalue weighted by Crippen LogP contribution is 2.26. The molecule has 3 atom stereocenters. The van der Waals surface area contributed by atoms with Crippen LogP contribution >= 0.6 is 0 Å². The van der Waals surface area contributed by atoms with Gasteiger partial charge in [-0.2, -0.15) is 0 Å². The summed E-state index contributed by atoms with van der Waals surface area (Å²) in [6, 6.07) is -0.00912. The Balaban J connectivity index is 1.83. The number of hydrogen-bond acceptors (Lipinski definition) is 4. The van der Waals surface area contributed by atoms with Crippen molar-refractivity contribution >= 4 is 5.91 Å². The molecule has 2 aliphatic rings. The fourth-order valence-electron chi connectivity index (χ4n) is 1.97. The van der Waals surface area contributed by atoms with Gasteiger partial charge in [0.15, 0.2) is 0 Å². The summed E-state index contributed by atoms with van der Waals surface area (Å²) in [5, 5.41) is 2.84. The van der Waals surface area contributed by atoms with E-state index in [4.69, 9.17) is 14.2 Å². The zero-order chi connectivity index (χ0) is 9.97. The Bertz CT molecular complexity index is 221. The van der Waals surface area contributed by atoms with Gasteiger partial charge in [-0.1, -0.05) is 0 Å². The number of methoxy groups -OCH3 is 1. The minimum Gasteiger partial charge on any atom is -0.375 e. The second-order valence-electron chi connectivity index (χ2n) is 3.60. The van der Waals surface area contributed by atoms with E-state index in [2.05, 4.69) is 5.32 Å². The number of fused-ring (bicyclic) bond motifs is 1. The van der Waals surface area contributed by atoms with Crippen molar-refractivity contribution in [1.29, 1.82) is 0 Å². The molecule has 2 rings (SSSR count). The Morgan fingerprint density at radius 2 is 2.43 bits per heavy atom. The molecule has 2 saturated heterocycles. The molecule has 1 N–H and O–H groups in total. The van der Waals surface area contributed by atoms with Crippen molar-refractivity contribution in [1.82, 2.24) is 5.32 Å². The maximum atomic E-state index is 11.2. The maximum absolute atomic E-state index is 11.2. The summed E-state index contributed by atoms with van der Waals surface area (Å²) in [6.07, 6.45) is 1.14. The summed E-state index contributed by atoms with van der Waals surface area (Å²) in [5.41, 5.74) is 0. The molecule has 1 amide bonds. The smallest absolute Gasteiger partial charge is 0.246 e. The molecule has 2 aliphatic heterocycles. The van der Waals surface area contributed by atoms with Crippen molar-refractivity contribution in [3.63, 3.8) is 0 Å². The SMILES string of the molecule is COCC(=O)N[C@@H]1CO[C@@H]2CCO[C@H]12. The van der Waals surface area contributed by atoms with Gasteiger partial charge in [-0.15, -0.1) is 0 Å². The van der Waals surface area contributed by atoms with Crippen molar-refractivity contribution in [2.45, 2.75) is 24.7 Å². The van der Waals surface area contributed by atoms with Gasteiger partial charge >= 0.3 is 0 Å². The fraction of sp³-hybridized carbons (Fsp3) is 0.889. The highest BCUT2D eigenvalue weighted by molar-refractivity contribution is 5.77. The van der Waals surface area contributed by atoms with Crippen LogP contribution in [0.2, 0.25) is 0 Å². The normalized spacial score (nSPS) is 35.6. The van der Waals surface area contributed by atoms with E-state index < -0.39 is 0 Å². The predicted octanol–water partition coefficient (Wildman–Crippen LogP) is -0.695. The van der Waals surface area contributed by atoms with Gasteiger partial charge in [-0.05, 0) is 6.42 Å². The Morgan fingerprint density at radius 1 is 1.57 bits per heavy atom. The van der Waals surface area contributed by atoms with Crippen molar-refractivity contribution in [2.75, 3.05) is 26.9 Å². The van der Waals surface area contributed by atoms with Crippen LogP contribution in [0.5, 0.6) is 0 Å². The van der Waals surface area contributed by atoms with Crippen LogP contribution in [0.3, 0.4) is 0 Å². The highest BCUT2D eigenvalue weighted by Gasteiger charge is 2.42. The molecule has 0 bridgehead atoms. The lowest BCUT2D eigenvalue weighted by Gasteiger charge is -2.16. The van der Waals surface area contributed by atoms with Crippen LogP contribution in [-0.2, 0) is 19.0 Å². The number of hydrogen-bond donors (Lipinski definition) is 1. The van der Waals surface area contributed by atoms with Gasteiger partial charge in [-0.3, -0.25) is 4.79 Å². The topological polar surface area (TPSA) is 56.8 Å². The van der Waals surface area contributed by atoms with Gasteiger partial charge in [0.1, 0.15) is 12.7 Å². The van der Waals surface area contributed by atoms with E-state index in [-0.39, 0.29) is 30.8 Å². The molecule has 0 saturated carbocycles. The van der Waals surface area contributed by atoms with Gasteiger partial charge in [0.2, 0.25) is 5.91 Å². The third-order valence-corrected chi connectivity index (χ3v) is 2.59. The molecule has 2 heterocycles. The number of amides is 1. The molecule has 0 spiro atoms. The third-order valence-electron chi connectivity index (χ3n) is 2.59. The van der Waals surface area contributed by atoms with Crippen LogP contribution in [0, 0.1) is 0 Å². The first kappa shape index (κ1) is 9.89. The minimum absolute atomic E-state index is 0.00912. The standard InChI is InChI=1S/C9H15NO4/c1-12-5-8(11)10-6-4-14-7-2-3-13-9(6)7/h6-7,9H,2-5H2,1H3,(H,10,11)/t6-,7-,9-/m1/s1. The highest BCUT2D eigenvalue weighted by atomic mass is 16.6. The molecule has 2 fully saturated rings. The molecular weight excluding hydrogens is 186 g/mol. The minimum atomic E-state index is -0.114. The Kier molecular flexibility index (Phi) is 3.00. The second kappa shape index (κ2) is 4.25. The van der Waals surface area contributed by atoms with Crippen LogP contribution in [0.15, 0.2) is 0 Å². The average Bonchev–Trinajstić information content (AvgIpc) is 2.70. The average molecular weight is 201 g/mol. The van der Waals surface area contributed by atoms with Crippen molar-refractivity contribution in [3.8, 4) is 0 Å². The largest absolute Gasteiger partial charge is 0.375 e. The summed E-state index contributed by atoms with van der Waals surface area (Å²) >= 11 is 0. The number of carbonyl (C=O) groups excluding carboxylic acids is 1. The molecule has 5 nitrogen and oxygen atoms in total. The zero-order valence-corrected chi connectivity index (χ0v) is 8.19. The van der Waals surface area contributed by atoms with Gasteiger partial charge < -0.3 is 19.5 Å². The lowest BCUT2D eigenvalue weighted by Crippen LogP contribution is -2.45. The predicted molar refractivity (Wildman–Crippen MR) is 47.9 cm³/mol. The number of nitrogens with one attached hydrogen (secondary N) is 1. The monoisotopic (exact) mass is 201 g/mol. The van der Waals surface area contributed by atoms with E-state index in [0.29, 0.717) is 6.61 Å². The molecular formula is C9H15NO4. The van der Waals surface area contributed by atoms with Crippen molar-refractivity contribution in [3.05, 3.63) is 0 Å². The molecule has 0 aromatic carbocycles. The lowest BCUT2D eigenvalue weighted by atomic mass is 10.1. The molecule has 0 unspecified atom stereocenters. The first-order chi connectivity index (χ1) is 6.81. The van der Waals surface area contributed by atoms with Crippen molar-refractivity contribution < 1.29 is 19.0 Å². The fourth-order valence-corrected chi connectivity index (χ4v) is 1.97. The van der Waals surface area contributed by atoms with E-state index in [9.17, 15) is 4.79 Å². The van der Waals surface area contributed by atoms with E-state index >= 15 is 0 Å². The van der Waals surface area contributed by atoms with Crippen molar-refractivity contribution in [2.24, 2.45) is 0 Å². The Morgan fingerprint density at radius 3 is 3.21 bits per heavy atom. The first-order valence-electron chi connectivity index (χ1n) is 4.83. The van der Waals surface area contributed by atoms with E-state index in [1.54, 1.807) is 0 Å². The van der Waals surface area contributed by atoms with E-state index in [0.717, 1.165) is 13.0 Å². The second-order valence-corrected chi connectivity index (χ2v) is 3.60. The number of rotatable bonds is 3. The van der Waals surface area contributed by atoms with Gasteiger partial charge in [-0.25, -0.2) is 0 Å². The Hall–Kier alpha value is -0.650. The van der Waals surface area contributed by atoms with Crippen LogP contribution in [0.25, 0.3) is 0 Å². The number of carbonyl (C=O) groups is 1. The summed E-state index contributed by atoms with van der Waals surface area (Å²) in [7, 11) is 1.50.